The lowest BCUT2D eigenvalue weighted by atomic mass is 10.1. The van der Waals surface area contributed by atoms with Crippen molar-refractivity contribution in [2.45, 2.75) is 6.61 Å². The molecule has 5 aromatic rings. The molecule has 1 heterocycles. The Bertz CT molecular complexity index is 1280. The van der Waals surface area contributed by atoms with Crippen LogP contribution < -0.4 is 4.74 Å². The van der Waals surface area contributed by atoms with E-state index in [1.807, 2.05) is 42.5 Å². The Balaban J connectivity index is 1.42. The van der Waals surface area contributed by atoms with Crippen molar-refractivity contribution in [1.29, 1.82) is 0 Å². The van der Waals surface area contributed by atoms with Crippen molar-refractivity contribution in [3.05, 3.63) is 95.5 Å². The predicted octanol–water partition coefficient (Wildman–Crippen LogP) is 6.88. The summed E-state index contributed by atoms with van der Waals surface area (Å²) >= 11 is 6.04. The normalized spacial score (nSPS) is 11.2. The summed E-state index contributed by atoms with van der Waals surface area (Å²) in [6.45, 7) is 0.551. The number of nitrogens with zero attached hydrogens (tertiary/aromatic N) is 1. The van der Waals surface area contributed by atoms with Crippen molar-refractivity contribution in [2.75, 3.05) is 0 Å². The third-order valence-corrected chi connectivity index (χ3v) is 4.89. The van der Waals surface area contributed by atoms with Crippen LogP contribution in [0, 0.1) is 0 Å². The SMILES string of the molecule is Clc1ccc2oc(-c3ccc4cc(OCc5ccccc5)ccc4c3)nc2c1. The van der Waals surface area contributed by atoms with E-state index >= 15 is 0 Å². The molecular weight excluding hydrogens is 370 g/mol. The first kappa shape index (κ1) is 16.8. The molecule has 0 bridgehead atoms. The molecule has 0 amide bonds. The number of aromatic nitrogens is 1. The average molecular weight is 386 g/mol. The van der Waals surface area contributed by atoms with Crippen LogP contribution in [0.25, 0.3) is 33.3 Å². The first-order chi connectivity index (χ1) is 13.7. The van der Waals surface area contributed by atoms with E-state index in [9.17, 15) is 0 Å². The topological polar surface area (TPSA) is 35.3 Å². The molecule has 4 heteroatoms. The van der Waals surface area contributed by atoms with Crippen LogP contribution in [0.1, 0.15) is 5.56 Å². The van der Waals surface area contributed by atoms with Crippen molar-refractivity contribution >= 4 is 33.5 Å². The van der Waals surface area contributed by atoms with Gasteiger partial charge in [-0.05, 0) is 58.8 Å². The third kappa shape index (κ3) is 3.32. The highest BCUT2D eigenvalue weighted by Gasteiger charge is 2.09. The van der Waals surface area contributed by atoms with Gasteiger partial charge in [-0.3, -0.25) is 0 Å². The lowest BCUT2D eigenvalue weighted by molar-refractivity contribution is 0.306. The number of ether oxygens (including phenoxy) is 1. The fourth-order valence-electron chi connectivity index (χ4n) is 3.21. The Morgan fingerprint density at radius 2 is 1.64 bits per heavy atom. The number of oxazole rings is 1. The second-order valence-corrected chi connectivity index (χ2v) is 7.07. The Kier molecular flexibility index (Phi) is 4.22. The van der Waals surface area contributed by atoms with Gasteiger partial charge in [-0.2, -0.15) is 0 Å². The van der Waals surface area contributed by atoms with Gasteiger partial charge >= 0.3 is 0 Å². The summed E-state index contributed by atoms with van der Waals surface area (Å²) in [7, 11) is 0. The molecule has 0 N–H and O–H groups in total. The van der Waals surface area contributed by atoms with Crippen LogP contribution in [-0.4, -0.2) is 4.98 Å². The molecule has 3 nitrogen and oxygen atoms in total. The van der Waals surface area contributed by atoms with Crippen LogP contribution in [-0.2, 0) is 6.61 Å². The molecular formula is C24H16ClNO2. The lowest BCUT2D eigenvalue weighted by Gasteiger charge is -2.08. The third-order valence-electron chi connectivity index (χ3n) is 4.66. The van der Waals surface area contributed by atoms with E-state index in [-0.39, 0.29) is 0 Å². The van der Waals surface area contributed by atoms with Crippen LogP contribution in [0.15, 0.2) is 89.3 Å². The highest BCUT2D eigenvalue weighted by atomic mass is 35.5. The molecule has 0 fully saturated rings. The van der Waals surface area contributed by atoms with E-state index in [1.165, 1.54) is 0 Å². The van der Waals surface area contributed by atoms with Gasteiger partial charge in [0.1, 0.15) is 17.9 Å². The highest BCUT2D eigenvalue weighted by Crippen LogP contribution is 2.30. The van der Waals surface area contributed by atoms with Crippen LogP contribution in [0.2, 0.25) is 5.02 Å². The molecule has 0 spiro atoms. The summed E-state index contributed by atoms with van der Waals surface area (Å²) in [5.74, 6) is 1.43. The lowest BCUT2D eigenvalue weighted by Crippen LogP contribution is -1.94. The van der Waals surface area contributed by atoms with Gasteiger partial charge in [0.15, 0.2) is 5.58 Å². The zero-order chi connectivity index (χ0) is 18.9. The van der Waals surface area contributed by atoms with Crippen molar-refractivity contribution in [3.63, 3.8) is 0 Å². The fraction of sp³-hybridized carbons (Fsp3) is 0.0417. The average Bonchev–Trinajstić information content (AvgIpc) is 3.15. The summed E-state index contributed by atoms with van der Waals surface area (Å²) in [5.41, 5.74) is 3.56. The molecule has 0 aliphatic heterocycles. The van der Waals surface area contributed by atoms with Crippen molar-refractivity contribution < 1.29 is 9.15 Å². The van der Waals surface area contributed by atoms with E-state index in [2.05, 4.69) is 35.3 Å². The number of fused-ring (bicyclic) bond motifs is 2. The van der Waals surface area contributed by atoms with Crippen LogP contribution in [0.4, 0.5) is 0 Å². The molecule has 0 unspecified atom stereocenters. The summed E-state index contributed by atoms with van der Waals surface area (Å²) in [4.78, 5) is 4.56. The maximum atomic E-state index is 6.04. The quantitative estimate of drug-likeness (QED) is 0.338. The van der Waals surface area contributed by atoms with Gasteiger partial charge in [0.2, 0.25) is 5.89 Å². The summed E-state index contributed by atoms with van der Waals surface area (Å²) in [6.07, 6.45) is 0. The number of benzene rings is 4. The molecule has 4 aromatic carbocycles. The number of halogens is 1. The van der Waals surface area contributed by atoms with Gasteiger partial charge in [-0.1, -0.05) is 54.1 Å². The maximum Gasteiger partial charge on any atom is 0.227 e. The minimum atomic E-state index is 0.551. The molecule has 1 aromatic heterocycles. The molecule has 5 rings (SSSR count). The molecule has 0 radical (unpaired) electrons. The van der Waals surface area contributed by atoms with Crippen molar-refractivity contribution in [2.24, 2.45) is 0 Å². The highest BCUT2D eigenvalue weighted by molar-refractivity contribution is 6.31. The van der Waals surface area contributed by atoms with E-state index < -0.39 is 0 Å². The first-order valence-corrected chi connectivity index (χ1v) is 9.39. The zero-order valence-electron chi connectivity index (χ0n) is 14.9. The van der Waals surface area contributed by atoms with Gasteiger partial charge in [-0.15, -0.1) is 0 Å². The largest absolute Gasteiger partial charge is 0.489 e. The second-order valence-electron chi connectivity index (χ2n) is 6.63. The van der Waals surface area contributed by atoms with Gasteiger partial charge in [-0.25, -0.2) is 4.98 Å². The molecule has 0 aliphatic rings. The minimum absolute atomic E-state index is 0.551. The predicted molar refractivity (Wildman–Crippen MR) is 113 cm³/mol. The zero-order valence-corrected chi connectivity index (χ0v) is 15.7. The standard InChI is InChI=1S/C24H16ClNO2/c25-20-9-11-23-22(14-20)26-24(28-23)19-7-6-18-13-21(10-8-17(18)12-19)27-15-16-4-2-1-3-5-16/h1-14H,15H2. The molecule has 0 saturated heterocycles. The molecule has 28 heavy (non-hydrogen) atoms. The minimum Gasteiger partial charge on any atom is -0.489 e. The molecule has 0 saturated carbocycles. The number of hydrogen-bond acceptors (Lipinski definition) is 3. The van der Waals surface area contributed by atoms with Gasteiger partial charge < -0.3 is 9.15 Å². The maximum absolute atomic E-state index is 6.04. The van der Waals surface area contributed by atoms with Crippen molar-refractivity contribution in [1.82, 2.24) is 4.98 Å². The van der Waals surface area contributed by atoms with E-state index in [0.29, 0.717) is 17.5 Å². The van der Waals surface area contributed by atoms with Gasteiger partial charge in [0, 0.05) is 10.6 Å². The van der Waals surface area contributed by atoms with Gasteiger partial charge in [0.25, 0.3) is 0 Å². The van der Waals surface area contributed by atoms with Crippen LogP contribution in [0.5, 0.6) is 5.75 Å². The van der Waals surface area contributed by atoms with Crippen LogP contribution in [0.3, 0.4) is 0 Å². The second kappa shape index (κ2) is 7.02. The molecule has 136 valence electrons. The van der Waals surface area contributed by atoms with Crippen LogP contribution >= 0.6 is 11.6 Å². The first-order valence-electron chi connectivity index (χ1n) is 9.02. The summed E-state index contributed by atoms with van der Waals surface area (Å²) in [6, 6.07) is 27.8. The Hall–Kier alpha value is -3.30. The number of rotatable bonds is 4. The fourth-order valence-corrected chi connectivity index (χ4v) is 3.38. The Morgan fingerprint density at radius 3 is 2.54 bits per heavy atom. The summed E-state index contributed by atoms with van der Waals surface area (Å²) in [5, 5.41) is 2.85. The van der Waals surface area contributed by atoms with E-state index in [4.69, 9.17) is 20.8 Å². The van der Waals surface area contributed by atoms with Gasteiger partial charge in [0.05, 0.1) is 0 Å². The van der Waals surface area contributed by atoms with E-state index in [0.717, 1.165) is 38.7 Å². The monoisotopic (exact) mass is 385 g/mol. The van der Waals surface area contributed by atoms with Crippen molar-refractivity contribution in [3.8, 4) is 17.2 Å². The Morgan fingerprint density at radius 1 is 0.821 bits per heavy atom. The molecule has 0 aliphatic carbocycles. The number of hydrogen-bond donors (Lipinski definition) is 0. The molecule has 0 atom stereocenters. The Labute approximate surface area is 167 Å². The smallest absolute Gasteiger partial charge is 0.227 e. The summed E-state index contributed by atoms with van der Waals surface area (Å²) < 4.78 is 11.8. The van der Waals surface area contributed by atoms with E-state index in [1.54, 1.807) is 12.1 Å².